The third kappa shape index (κ3) is 4.36. The Hall–Kier alpha value is -1.83. The third-order valence-corrected chi connectivity index (χ3v) is 5.48. The van der Waals surface area contributed by atoms with Gasteiger partial charge in [0.05, 0.1) is 35.5 Å². The van der Waals surface area contributed by atoms with E-state index in [1.165, 1.54) is 12.8 Å². The van der Waals surface area contributed by atoms with E-state index in [2.05, 4.69) is 11.0 Å². The van der Waals surface area contributed by atoms with Crippen LogP contribution in [0.25, 0.3) is 5.70 Å². The monoisotopic (exact) mass is 374 g/mol. The van der Waals surface area contributed by atoms with Gasteiger partial charge in [-0.3, -0.25) is 10.4 Å². The first-order chi connectivity index (χ1) is 13.2. The average Bonchev–Trinajstić information content (AvgIpc) is 3.32. The number of rotatable bonds is 6. The molecular weight excluding hydrogens is 344 g/mol. The molecule has 7 nitrogen and oxygen atoms in total. The fourth-order valence-electron chi connectivity index (χ4n) is 3.84. The number of aryl methyl sites for hydroxylation is 1. The molecule has 1 saturated carbocycles. The second-order valence-electron chi connectivity index (χ2n) is 7.53. The number of hydrogen-bond donors (Lipinski definition) is 2. The van der Waals surface area contributed by atoms with Crippen LogP contribution in [0.5, 0.6) is 5.75 Å². The highest BCUT2D eigenvalue weighted by molar-refractivity contribution is 5.65. The SMILES string of the molecule is Cc1nc(C2=C(COC3CCCCO3)N(C)NN2)ccc1OC1CCCC1. The minimum atomic E-state index is -0.113. The zero-order valence-electron chi connectivity index (χ0n) is 16.3. The van der Waals surface area contributed by atoms with Gasteiger partial charge in [0.2, 0.25) is 0 Å². The number of aromatic nitrogens is 1. The van der Waals surface area contributed by atoms with Gasteiger partial charge in [-0.25, -0.2) is 4.98 Å². The first kappa shape index (κ1) is 18.5. The van der Waals surface area contributed by atoms with E-state index in [1.54, 1.807) is 0 Å². The van der Waals surface area contributed by atoms with Crippen molar-refractivity contribution in [3.63, 3.8) is 0 Å². The van der Waals surface area contributed by atoms with Gasteiger partial charge in [0.25, 0.3) is 0 Å². The molecule has 0 spiro atoms. The van der Waals surface area contributed by atoms with Crippen molar-refractivity contribution in [3.05, 3.63) is 29.2 Å². The van der Waals surface area contributed by atoms with Gasteiger partial charge in [0, 0.05) is 13.7 Å². The zero-order valence-corrected chi connectivity index (χ0v) is 16.3. The van der Waals surface area contributed by atoms with Crippen LogP contribution >= 0.6 is 0 Å². The Labute approximate surface area is 161 Å². The quantitative estimate of drug-likeness (QED) is 0.793. The number of nitrogens with zero attached hydrogens (tertiary/aromatic N) is 2. The molecule has 0 bridgehead atoms. The summed E-state index contributed by atoms with van der Waals surface area (Å²) in [6.45, 7) is 3.26. The molecule has 0 amide bonds. The Morgan fingerprint density at radius 2 is 2.00 bits per heavy atom. The van der Waals surface area contributed by atoms with Gasteiger partial charge in [0.15, 0.2) is 6.29 Å². The Morgan fingerprint density at radius 3 is 2.74 bits per heavy atom. The van der Waals surface area contributed by atoms with E-state index < -0.39 is 0 Å². The van der Waals surface area contributed by atoms with Gasteiger partial charge >= 0.3 is 0 Å². The number of hydrogen-bond acceptors (Lipinski definition) is 7. The lowest BCUT2D eigenvalue weighted by Crippen LogP contribution is -2.35. The predicted octanol–water partition coefficient (Wildman–Crippen LogP) is 2.88. The summed E-state index contributed by atoms with van der Waals surface area (Å²) in [5.74, 6) is 0.888. The molecule has 7 heteroatoms. The summed E-state index contributed by atoms with van der Waals surface area (Å²) in [5, 5.41) is 1.93. The van der Waals surface area contributed by atoms with Crippen molar-refractivity contribution in [1.82, 2.24) is 21.0 Å². The lowest BCUT2D eigenvalue weighted by molar-refractivity contribution is -0.159. The van der Waals surface area contributed by atoms with Crippen LogP contribution < -0.4 is 15.7 Å². The highest BCUT2D eigenvalue weighted by atomic mass is 16.7. The summed E-state index contributed by atoms with van der Waals surface area (Å²) in [6, 6.07) is 4.04. The molecule has 1 atom stereocenters. The van der Waals surface area contributed by atoms with E-state index >= 15 is 0 Å². The van der Waals surface area contributed by atoms with Crippen molar-refractivity contribution in [2.24, 2.45) is 0 Å². The van der Waals surface area contributed by atoms with Crippen LogP contribution in [0.3, 0.4) is 0 Å². The van der Waals surface area contributed by atoms with Crippen molar-refractivity contribution < 1.29 is 14.2 Å². The smallest absolute Gasteiger partial charge is 0.158 e. The first-order valence-corrected chi connectivity index (χ1v) is 10.1. The molecule has 4 rings (SSSR count). The normalized spacial score (nSPS) is 23.8. The fourth-order valence-corrected chi connectivity index (χ4v) is 3.84. The van der Waals surface area contributed by atoms with Crippen LogP contribution in [0.1, 0.15) is 56.3 Å². The van der Waals surface area contributed by atoms with E-state index in [-0.39, 0.29) is 6.29 Å². The lowest BCUT2D eigenvalue weighted by Gasteiger charge is -2.24. The highest BCUT2D eigenvalue weighted by Gasteiger charge is 2.24. The van der Waals surface area contributed by atoms with Gasteiger partial charge in [-0.2, -0.15) is 0 Å². The van der Waals surface area contributed by atoms with Crippen LogP contribution in [-0.4, -0.2) is 42.6 Å². The number of nitrogens with one attached hydrogen (secondary N) is 2. The summed E-state index contributed by atoms with van der Waals surface area (Å²) in [6.07, 6.45) is 8.28. The molecule has 1 aliphatic carbocycles. The third-order valence-electron chi connectivity index (χ3n) is 5.48. The van der Waals surface area contributed by atoms with Crippen LogP contribution in [0.4, 0.5) is 0 Å². The molecule has 2 aliphatic heterocycles. The van der Waals surface area contributed by atoms with Crippen LogP contribution in [0.2, 0.25) is 0 Å². The summed E-state index contributed by atoms with van der Waals surface area (Å²) >= 11 is 0. The molecule has 3 heterocycles. The van der Waals surface area contributed by atoms with E-state index in [4.69, 9.17) is 19.2 Å². The van der Waals surface area contributed by atoms with Crippen molar-refractivity contribution in [2.75, 3.05) is 20.3 Å². The standard InChI is InChI=1S/C20H30N4O3/c1-14-18(27-15-7-3-4-8-15)11-10-16(21-14)20-17(24(2)23-22-20)13-26-19-9-5-6-12-25-19/h10-11,15,19,22-23H,3-9,12-13H2,1-2H3. The van der Waals surface area contributed by atoms with E-state index in [0.717, 1.165) is 67.2 Å². The van der Waals surface area contributed by atoms with Crippen molar-refractivity contribution in [3.8, 4) is 5.75 Å². The second-order valence-corrected chi connectivity index (χ2v) is 7.53. The second kappa shape index (κ2) is 8.46. The molecule has 3 aliphatic rings. The molecule has 27 heavy (non-hydrogen) atoms. The summed E-state index contributed by atoms with van der Waals surface area (Å²) < 4.78 is 17.8. The van der Waals surface area contributed by atoms with Crippen molar-refractivity contribution >= 4 is 5.70 Å². The van der Waals surface area contributed by atoms with Gasteiger partial charge in [-0.05, 0) is 64.0 Å². The Bertz CT molecular complexity index is 682. The van der Waals surface area contributed by atoms with Crippen molar-refractivity contribution in [1.29, 1.82) is 0 Å². The molecule has 1 aromatic heterocycles. The maximum atomic E-state index is 6.13. The maximum absolute atomic E-state index is 6.13. The predicted molar refractivity (Wildman–Crippen MR) is 102 cm³/mol. The zero-order chi connectivity index (χ0) is 18.6. The van der Waals surface area contributed by atoms with Gasteiger partial charge in [-0.1, -0.05) is 0 Å². The van der Waals surface area contributed by atoms with Gasteiger partial charge < -0.3 is 14.2 Å². The number of likely N-dealkylation sites (N-methyl/N-ethyl adjacent to an activating group) is 1. The molecule has 1 aromatic rings. The maximum Gasteiger partial charge on any atom is 0.158 e. The van der Waals surface area contributed by atoms with E-state index in [0.29, 0.717) is 12.7 Å². The molecule has 0 aromatic carbocycles. The van der Waals surface area contributed by atoms with Crippen LogP contribution in [0, 0.1) is 6.92 Å². The van der Waals surface area contributed by atoms with Crippen molar-refractivity contribution in [2.45, 2.75) is 64.3 Å². The topological polar surface area (TPSA) is 67.9 Å². The minimum Gasteiger partial charge on any atom is -0.489 e. The highest BCUT2D eigenvalue weighted by Crippen LogP contribution is 2.28. The Kier molecular flexibility index (Phi) is 5.80. The van der Waals surface area contributed by atoms with Gasteiger partial charge in [0.1, 0.15) is 5.75 Å². The minimum absolute atomic E-state index is 0.113. The number of ether oxygens (including phenoxy) is 3. The molecule has 2 N–H and O–H groups in total. The lowest BCUT2D eigenvalue weighted by atomic mass is 10.2. The average molecular weight is 374 g/mol. The van der Waals surface area contributed by atoms with E-state index in [9.17, 15) is 0 Å². The summed E-state index contributed by atoms with van der Waals surface area (Å²) in [7, 11) is 1.96. The summed E-state index contributed by atoms with van der Waals surface area (Å²) in [4.78, 5) is 4.78. The largest absolute Gasteiger partial charge is 0.489 e. The molecular formula is C20H30N4O3. The summed E-state index contributed by atoms with van der Waals surface area (Å²) in [5.41, 5.74) is 10.1. The molecule has 148 valence electrons. The van der Waals surface area contributed by atoms with Crippen LogP contribution in [-0.2, 0) is 9.47 Å². The molecule has 2 fully saturated rings. The van der Waals surface area contributed by atoms with E-state index in [1.807, 2.05) is 31.1 Å². The fraction of sp³-hybridized carbons (Fsp3) is 0.650. The van der Waals surface area contributed by atoms with Crippen LogP contribution in [0.15, 0.2) is 17.8 Å². The Balaban J connectivity index is 1.47. The van der Waals surface area contributed by atoms with Gasteiger partial charge in [-0.15, -0.1) is 5.53 Å². The first-order valence-electron chi connectivity index (χ1n) is 10.1. The molecule has 1 unspecified atom stereocenters. The Morgan fingerprint density at radius 1 is 1.19 bits per heavy atom. The number of pyridine rings is 1. The molecule has 1 saturated heterocycles. The number of hydrazine groups is 2. The molecule has 0 radical (unpaired) electrons.